The number of aromatic nitrogens is 2. The molecule has 4 rings (SSSR count). The number of hydrogen-bond acceptors (Lipinski definition) is 4. The maximum Gasteiger partial charge on any atom is 0.261 e. The van der Waals surface area contributed by atoms with E-state index in [0.29, 0.717) is 6.54 Å². The number of nitrogens with one attached hydrogen (secondary N) is 2. The first-order valence-corrected chi connectivity index (χ1v) is 8.51. The highest BCUT2D eigenvalue weighted by Crippen LogP contribution is 2.27. The summed E-state index contributed by atoms with van der Waals surface area (Å²) in [4.78, 5) is 16.9. The molecule has 23 heavy (non-hydrogen) atoms. The van der Waals surface area contributed by atoms with Gasteiger partial charge in [-0.1, -0.05) is 12.1 Å². The fourth-order valence-electron chi connectivity index (χ4n) is 3.01. The number of hydrogen-bond donors (Lipinski definition) is 2. The van der Waals surface area contributed by atoms with Gasteiger partial charge in [0.15, 0.2) is 0 Å². The molecule has 0 atom stereocenters. The van der Waals surface area contributed by atoms with Crippen LogP contribution in [0.5, 0.6) is 0 Å². The Morgan fingerprint density at radius 3 is 3.30 bits per heavy atom. The Morgan fingerprint density at radius 2 is 2.39 bits per heavy atom. The van der Waals surface area contributed by atoms with Crippen molar-refractivity contribution in [2.24, 2.45) is 0 Å². The molecule has 118 valence electrons. The van der Waals surface area contributed by atoms with Crippen molar-refractivity contribution in [3.8, 4) is 0 Å². The van der Waals surface area contributed by atoms with Crippen molar-refractivity contribution in [1.29, 1.82) is 0 Å². The molecule has 1 aliphatic rings. The molecule has 0 aliphatic carbocycles. The average molecular weight is 326 g/mol. The van der Waals surface area contributed by atoms with Gasteiger partial charge >= 0.3 is 0 Å². The van der Waals surface area contributed by atoms with E-state index in [1.54, 1.807) is 17.5 Å². The number of nitrogens with zero attached hydrogens (tertiary/aromatic N) is 2. The summed E-state index contributed by atoms with van der Waals surface area (Å²) in [5, 5.41) is 11.1. The number of thiophene rings is 1. The quantitative estimate of drug-likeness (QED) is 0.777. The molecule has 0 saturated heterocycles. The van der Waals surface area contributed by atoms with Crippen LogP contribution < -0.4 is 5.32 Å². The van der Waals surface area contributed by atoms with E-state index in [-0.39, 0.29) is 5.91 Å². The lowest BCUT2D eigenvalue weighted by Crippen LogP contribution is -2.24. The Hall–Kier alpha value is -2.18. The summed E-state index contributed by atoms with van der Waals surface area (Å²) in [6.45, 7) is 2.52. The first-order chi connectivity index (χ1) is 11.2. The van der Waals surface area contributed by atoms with Crippen LogP contribution in [0.4, 0.5) is 0 Å². The van der Waals surface area contributed by atoms with Gasteiger partial charge in [0.25, 0.3) is 5.91 Å². The van der Waals surface area contributed by atoms with E-state index in [1.807, 2.05) is 18.2 Å². The molecule has 1 aliphatic heterocycles. The van der Waals surface area contributed by atoms with Gasteiger partial charge in [0.05, 0.1) is 16.6 Å². The third kappa shape index (κ3) is 2.75. The summed E-state index contributed by atoms with van der Waals surface area (Å²) < 4.78 is 0. The van der Waals surface area contributed by atoms with E-state index in [4.69, 9.17) is 0 Å². The van der Waals surface area contributed by atoms with Crippen LogP contribution in [0.1, 0.15) is 25.7 Å². The van der Waals surface area contributed by atoms with Crippen LogP contribution in [0.3, 0.4) is 0 Å². The zero-order valence-corrected chi connectivity index (χ0v) is 13.7. The molecule has 0 radical (unpaired) electrons. The van der Waals surface area contributed by atoms with Crippen molar-refractivity contribution < 1.29 is 4.79 Å². The number of aromatic amines is 1. The van der Waals surface area contributed by atoms with Crippen molar-refractivity contribution in [3.05, 3.63) is 51.3 Å². The minimum Gasteiger partial charge on any atom is -0.347 e. The minimum absolute atomic E-state index is 0.00699. The zero-order chi connectivity index (χ0) is 15.8. The van der Waals surface area contributed by atoms with E-state index < -0.39 is 0 Å². The summed E-state index contributed by atoms with van der Waals surface area (Å²) >= 11 is 1.62. The van der Waals surface area contributed by atoms with Crippen molar-refractivity contribution in [2.75, 3.05) is 13.6 Å². The van der Waals surface area contributed by atoms with Crippen molar-refractivity contribution in [1.82, 2.24) is 20.4 Å². The van der Waals surface area contributed by atoms with E-state index in [2.05, 4.69) is 33.5 Å². The summed E-state index contributed by atoms with van der Waals surface area (Å²) in [7, 11) is 2.12. The molecule has 0 saturated carbocycles. The molecule has 0 fully saturated rings. The lowest BCUT2D eigenvalue weighted by atomic mass is 10.1. The number of benzene rings is 1. The molecule has 6 heteroatoms. The normalized spacial score (nSPS) is 14.8. The predicted octanol–water partition coefficient (Wildman–Crippen LogP) is 2.54. The second kappa shape index (κ2) is 5.79. The Kier molecular flexibility index (Phi) is 3.63. The fourth-order valence-corrected chi connectivity index (χ4v) is 4.21. The van der Waals surface area contributed by atoms with Crippen LogP contribution in [0.25, 0.3) is 10.9 Å². The standard InChI is InChI=1S/C17H18N4OS/c1-21-6-5-11-7-15(23-16(11)10-21)17(22)18-8-12-3-2-4-14-13(12)9-19-20-14/h2-4,7,9H,5-6,8,10H2,1H3,(H,18,22)(H,19,20). The first kappa shape index (κ1) is 14.4. The summed E-state index contributed by atoms with van der Waals surface area (Å²) in [5.41, 5.74) is 3.40. The predicted molar refractivity (Wildman–Crippen MR) is 91.6 cm³/mol. The van der Waals surface area contributed by atoms with Gasteiger partial charge in [-0.2, -0.15) is 5.10 Å². The molecule has 0 bridgehead atoms. The smallest absolute Gasteiger partial charge is 0.261 e. The average Bonchev–Trinajstić information content (AvgIpc) is 3.18. The summed E-state index contributed by atoms with van der Waals surface area (Å²) in [6.07, 6.45) is 2.83. The molecule has 5 nitrogen and oxygen atoms in total. The van der Waals surface area contributed by atoms with Crippen molar-refractivity contribution in [3.63, 3.8) is 0 Å². The SMILES string of the molecule is CN1CCc2cc(C(=O)NCc3cccc4[nH]ncc34)sc2C1. The molecule has 1 aromatic carbocycles. The van der Waals surface area contributed by atoms with Gasteiger partial charge in [0.1, 0.15) is 0 Å². The molecule has 2 aromatic heterocycles. The van der Waals surface area contributed by atoms with Gasteiger partial charge in [0, 0.05) is 29.9 Å². The number of rotatable bonds is 3. The molecule has 2 N–H and O–H groups in total. The number of carbonyl (C=O) groups is 1. The third-order valence-corrected chi connectivity index (χ3v) is 5.47. The fraction of sp³-hybridized carbons (Fsp3) is 0.294. The van der Waals surface area contributed by atoms with Gasteiger partial charge in [-0.3, -0.25) is 9.89 Å². The highest BCUT2D eigenvalue weighted by Gasteiger charge is 2.19. The molecule has 3 aromatic rings. The molecular weight excluding hydrogens is 308 g/mol. The Labute approximate surface area is 138 Å². The second-order valence-electron chi connectivity index (χ2n) is 5.98. The van der Waals surface area contributed by atoms with Crippen LogP contribution in [-0.2, 0) is 19.5 Å². The van der Waals surface area contributed by atoms with Crippen molar-refractivity contribution in [2.45, 2.75) is 19.5 Å². The van der Waals surface area contributed by atoms with Gasteiger partial charge in [-0.05, 0) is 36.7 Å². The van der Waals surface area contributed by atoms with Crippen LogP contribution >= 0.6 is 11.3 Å². The van der Waals surface area contributed by atoms with Crippen LogP contribution in [0.15, 0.2) is 30.5 Å². The zero-order valence-electron chi connectivity index (χ0n) is 12.9. The summed E-state index contributed by atoms with van der Waals surface area (Å²) in [5.74, 6) is 0.00699. The van der Waals surface area contributed by atoms with Gasteiger partial charge in [0.2, 0.25) is 0 Å². The number of H-pyrrole nitrogens is 1. The van der Waals surface area contributed by atoms with Crippen LogP contribution in [-0.4, -0.2) is 34.6 Å². The molecule has 3 heterocycles. The van der Waals surface area contributed by atoms with E-state index in [0.717, 1.165) is 40.9 Å². The lowest BCUT2D eigenvalue weighted by Gasteiger charge is -2.21. The Morgan fingerprint density at radius 1 is 1.48 bits per heavy atom. The van der Waals surface area contributed by atoms with Gasteiger partial charge in [-0.15, -0.1) is 11.3 Å². The third-order valence-electron chi connectivity index (χ3n) is 4.31. The lowest BCUT2D eigenvalue weighted by molar-refractivity contribution is 0.0955. The van der Waals surface area contributed by atoms with Crippen molar-refractivity contribution >= 4 is 28.1 Å². The largest absolute Gasteiger partial charge is 0.347 e. The van der Waals surface area contributed by atoms with E-state index in [1.165, 1.54) is 10.4 Å². The topological polar surface area (TPSA) is 61.0 Å². The van der Waals surface area contributed by atoms with E-state index >= 15 is 0 Å². The van der Waals surface area contributed by atoms with Gasteiger partial charge < -0.3 is 10.2 Å². The minimum atomic E-state index is 0.00699. The molecular formula is C17H18N4OS. The first-order valence-electron chi connectivity index (χ1n) is 7.70. The number of amides is 1. The molecule has 0 unspecified atom stereocenters. The number of carbonyl (C=O) groups excluding carboxylic acids is 1. The highest BCUT2D eigenvalue weighted by atomic mass is 32.1. The maximum absolute atomic E-state index is 12.5. The van der Waals surface area contributed by atoms with Gasteiger partial charge in [-0.25, -0.2) is 0 Å². The highest BCUT2D eigenvalue weighted by molar-refractivity contribution is 7.14. The van der Waals surface area contributed by atoms with E-state index in [9.17, 15) is 4.79 Å². The van der Waals surface area contributed by atoms with Crippen LogP contribution in [0, 0.1) is 0 Å². The summed E-state index contributed by atoms with van der Waals surface area (Å²) in [6, 6.07) is 8.03. The monoisotopic (exact) mass is 326 g/mol. The second-order valence-corrected chi connectivity index (χ2v) is 7.11. The Balaban J connectivity index is 1.49. The molecule has 1 amide bonds. The Bertz CT molecular complexity index is 866. The number of fused-ring (bicyclic) bond motifs is 2. The number of likely N-dealkylation sites (N-methyl/N-ethyl adjacent to an activating group) is 1. The molecule has 0 spiro atoms. The van der Waals surface area contributed by atoms with Crippen LogP contribution in [0.2, 0.25) is 0 Å². The maximum atomic E-state index is 12.5.